The number of aromatic nitrogens is 3. The standard InChI is InChI=1S/C31H36F2N8O2/c1-22-19-24(5-6-25(22)31(42)40-17-15-39(16-18-40)14-13-38(3)4)37-41-12-11-35-9-10-36-21-27(41)26-7-8-28(30(33)29(26)32)43-23(2)20-34/h5-12,19,21,23,37H,13-18H2,1-4H3. The van der Waals surface area contributed by atoms with Crippen molar-refractivity contribution < 1.29 is 18.3 Å². The molecule has 3 aromatic rings. The van der Waals surface area contributed by atoms with Crippen LogP contribution in [-0.4, -0.2) is 94.7 Å². The van der Waals surface area contributed by atoms with Crippen LogP contribution in [-0.2, 0) is 0 Å². The molecular weight excluding hydrogens is 554 g/mol. The molecule has 226 valence electrons. The molecule has 1 aliphatic heterocycles. The molecule has 43 heavy (non-hydrogen) atoms. The topological polar surface area (TPSA) is 103 Å². The number of hydrogen-bond acceptors (Lipinski definition) is 8. The maximum atomic E-state index is 15.3. The van der Waals surface area contributed by atoms with E-state index in [1.54, 1.807) is 18.3 Å². The highest BCUT2D eigenvalue weighted by atomic mass is 19.2. The minimum Gasteiger partial charge on any atom is -0.473 e. The zero-order valence-corrected chi connectivity index (χ0v) is 24.8. The zero-order chi connectivity index (χ0) is 30.9. The second kappa shape index (κ2) is 14.5. The number of carbonyl (C=O) groups excluding carboxylic acids is 1. The van der Waals surface area contributed by atoms with E-state index in [2.05, 4.69) is 39.3 Å². The summed E-state index contributed by atoms with van der Waals surface area (Å²) in [7, 11) is 4.10. The lowest BCUT2D eigenvalue weighted by atomic mass is 10.1. The molecule has 0 radical (unpaired) electrons. The van der Waals surface area contributed by atoms with Crippen molar-refractivity contribution in [3.8, 4) is 23.1 Å². The van der Waals surface area contributed by atoms with Crippen LogP contribution in [0.5, 0.6) is 5.75 Å². The van der Waals surface area contributed by atoms with Crippen molar-refractivity contribution in [2.24, 2.45) is 0 Å². The van der Waals surface area contributed by atoms with Gasteiger partial charge < -0.3 is 14.5 Å². The van der Waals surface area contributed by atoms with Gasteiger partial charge in [-0.2, -0.15) is 9.65 Å². The van der Waals surface area contributed by atoms with Crippen molar-refractivity contribution in [3.05, 3.63) is 84.1 Å². The molecule has 2 heterocycles. The summed E-state index contributed by atoms with van der Waals surface area (Å²) in [6.45, 7) is 8.25. The molecule has 0 saturated carbocycles. The number of hydrogen-bond donors (Lipinski definition) is 1. The Bertz CT molecular complexity index is 1530. The van der Waals surface area contributed by atoms with Crippen molar-refractivity contribution in [1.29, 1.82) is 5.26 Å². The number of likely N-dealkylation sites (N-methyl/N-ethyl adjacent to an activating group) is 1. The molecule has 10 nitrogen and oxygen atoms in total. The van der Waals surface area contributed by atoms with Crippen LogP contribution >= 0.6 is 0 Å². The molecule has 2 aromatic carbocycles. The molecule has 1 fully saturated rings. The first-order valence-electron chi connectivity index (χ1n) is 14.0. The minimum atomic E-state index is -1.22. The van der Waals surface area contributed by atoms with Gasteiger partial charge in [0.05, 0.1) is 17.6 Å². The van der Waals surface area contributed by atoms with Crippen molar-refractivity contribution in [2.75, 3.05) is 58.8 Å². The Hall–Kier alpha value is -4.60. The number of amides is 1. The number of halogens is 2. The first-order chi connectivity index (χ1) is 20.7. The van der Waals surface area contributed by atoms with Crippen molar-refractivity contribution >= 4 is 11.6 Å². The largest absolute Gasteiger partial charge is 0.473 e. The van der Waals surface area contributed by atoms with Crippen molar-refractivity contribution in [2.45, 2.75) is 20.0 Å². The van der Waals surface area contributed by atoms with Crippen LogP contribution in [0, 0.1) is 29.9 Å². The maximum Gasteiger partial charge on any atom is 0.254 e. The van der Waals surface area contributed by atoms with E-state index in [-0.39, 0.29) is 22.9 Å². The van der Waals surface area contributed by atoms with E-state index in [4.69, 9.17) is 10.00 Å². The molecular formula is C31H36F2N8O2. The summed E-state index contributed by atoms with van der Waals surface area (Å²) in [6.07, 6.45) is 6.30. The van der Waals surface area contributed by atoms with Crippen LogP contribution in [0.3, 0.4) is 0 Å². The third-order valence-corrected chi connectivity index (χ3v) is 7.03. The number of anilines is 1. The highest BCUT2D eigenvalue weighted by Gasteiger charge is 2.23. The molecule has 1 amide bonds. The Morgan fingerprint density at radius 2 is 1.84 bits per heavy atom. The Labute approximate surface area is 250 Å². The lowest BCUT2D eigenvalue weighted by Crippen LogP contribution is -2.50. The summed E-state index contributed by atoms with van der Waals surface area (Å²) in [5, 5.41) is 8.98. The summed E-state index contributed by atoms with van der Waals surface area (Å²) in [5.41, 5.74) is 5.23. The fourth-order valence-corrected chi connectivity index (χ4v) is 4.62. The maximum absolute atomic E-state index is 15.3. The van der Waals surface area contributed by atoms with Crippen LogP contribution in [0.4, 0.5) is 14.5 Å². The third kappa shape index (κ3) is 8.03. The summed E-state index contributed by atoms with van der Waals surface area (Å²) < 4.78 is 36.9. The molecule has 1 saturated heterocycles. The van der Waals surface area contributed by atoms with Crippen LogP contribution in [0.15, 0.2) is 61.3 Å². The van der Waals surface area contributed by atoms with Crippen molar-refractivity contribution in [1.82, 2.24) is 29.3 Å². The first-order valence-corrected chi connectivity index (χ1v) is 14.0. The van der Waals surface area contributed by atoms with E-state index in [1.165, 1.54) is 48.5 Å². The molecule has 1 aromatic heterocycles. The molecule has 1 aliphatic rings. The van der Waals surface area contributed by atoms with Gasteiger partial charge >= 0.3 is 0 Å². The molecule has 1 unspecified atom stereocenters. The number of piperazine rings is 1. The molecule has 0 spiro atoms. The predicted octanol–water partition coefficient (Wildman–Crippen LogP) is 4.14. The van der Waals surface area contributed by atoms with Gasteiger partial charge in [0.15, 0.2) is 17.7 Å². The smallest absolute Gasteiger partial charge is 0.254 e. The minimum absolute atomic E-state index is 0.0196. The highest BCUT2D eigenvalue weighted by Crippen LogP contribution is 2.30. The number of aryl methyl sites for hydroxylation is 1. The van der Waals surface area contributed by atoms with Gasteiger partial charge in [-0.3, -0.25) is 29.8 Å². The van der Waals surface area contributed by atoms with E-state index in [0.29, 0.717) is 24.3 Å². The average Bonchev–Trinajstić information content (AvgIpc) is 3.11. The van der Waals surface area contributed by atoms with Crippen LogP contribution in [0.2, 0.25) is 0 Å². The number of rotatable bonds is 9. The van der Waals surface area contributed by atoms with E-state index in [0.717, 1.165) is 31.7 Å². The van der Waals surface area contributed by atoms with E-state index < -0.39 is 17.7 Å². The number of carbonyl (C=O) groups is 1. The summed E-state index contributed by atoms with van der Waals surface area (Å²) in [5.74, 6) is -2.77. The van der Waals surface area contributed by atoms with Gasteiger partial charge in [0, 0.05) is 75.2 Å². The van der Waals surface area contributed by atoms with Crippen LogP contribution in [0.25, 0.3) is 11.3 Å². The van der Waals surface area contributed by atoms with Crippen LogP contribution < -0.4 is 10.2 Å². The van der Waals surface area contributed by atoms with Gasteiger partial charge in [0.1, 0.15) is 6.07 Å². The Balaban J connectivity index is 1.58. The van der Waals surface area contributed by atoms with E-state index in [1.807, 2.05) is 24.0 Å². The van der Waals surface area contributed by atoms with Crippen molar-refractivity contribution in [3.63, 3.8) is 0 Å². The van der Waals surface area contributed by atoms with Gasteiger partial charge in [0.25, 0.3) is 5.91 Å². The van der Waals surface area contributed by atoms with Gasteiger partial charge in [-0.05, 0) is 63.8 Å². The molecule has 1 atom stereocenters. The summed E-state index contributed by atoms with van der Waals surface area (Å²) >= 11 is 0. The summed E-state index contributed by atoms with van der Waals surface area (Å²) in [4.78, 5) is 28.0. The second-order valence-electron chi connectivity index (χ2n) is 10.5. The lowest BCUT2D eigenvalue weighted by molar-refractivity contribution is 0.0629. The fourth-order valence-electron chi connectivity index (χ4n) is 4.62. The molecule has 0 bridgehead atoms. The van der Waals surface area contributed by atoms with Gasteiger partial charge in [-0.1, -0.05) is 0 Å². The normalized spacial score (nSPS) is 14.1. The first kappa shape index (κ1) is 31.3. The van der Waals surface area contributed by atoms with Gasteiger partial charge in [0.2, 0.25) is 5.82 Å². The SMILES string of the molecule is Cc1cc(Nn2ccnccncc2-c2ccc(OC(C)C#N)c(F)c2F)ccc1C(=O)N1CCN(CCN(C)C)CC1. The quantitative estimate of drug-likeness (QED) is 0.397. The van der Waals surface area contributed by atoms with E-state index >= 15 is 4.39 Å². The number of nitriles is 1. The van der Waals surface area contributed by atoms with Gasteiger partial charge in [-0.15, -0.1) is 0 Å². The Morgan fingerprint density at radius 1 is 1.09 bits per heavy atom. The van der Waals surface area contributed by atoms with Crippen LogP contribution in [0.1, 0.15) is 22.8 Å². The number of nitrogens with one attached hydrogen (secondary N) is 1. The number of ether oxygens (including phenoxy) is 1. The lowest BCUT2D eigenvalue weighted by Gasteiger charge is -2.35. The monoisotopic (exact) mass is 590 g/mol. The third-order valence-electron chi connectivity index (χ3n) is 7.03. The second-order valence-corrected chi connectivity index (χ2v) is 10.5. The molecule has 0 aliphatic carbocycles. The molecule has 1 N–H and O–H groups in total. The molecule has 12 heteroatoms. The fraction of sp³-hybridized carbons (Fsp3) is 0.355. The number of nitrogens with zero attached hydrogens (tertiary/aromatic N) is 7. The van der Waals surface area contributed by atoms with E-state index in [9.17, 15) is 9.18 Å². The highest BCUT2D eigenvalue weighted by molar-refractivity contribution is 5.96. The molecule has 4 rings (SSSR count). The summed E-state index contributed by atoms with van der Waals surface area (Å²) in [6, 6.07) is 9.80. The van der Waals surface area contributed by atoms with Gasteiger partial charge in [-0.25, -0.2) is 4.39 Å². The Kier molecular flexibility index (Phi) is 10.6. The predicted molar refractivity (Wildman–Crippen MR) is 160 cm³/mol. The Morgan fingerprint density at radius 3 is 2.53 bits per heavy atom. The average molecular weight is 591 g/mol. The number of benzene rings is 2. The zero-order valence-electron chi connectivity index (χ0n) is 24.8.